The van der Waals surface area contributed by atoms with Crippen LogP contribution in [0, 0.1) is 0 Å². The molecule has 1 saturated heterocycles. The van der Waals surface area contributed by atoms with Gasteiger partial charge in [0.25, 0.3) is 0 Å². The summed E-state index contributed by atoms with van der Waals surface area (Å²) >= 11 is 12.0. The summed E-state index contributed by atoms with van der Waals surface area (Å²) in [7, 11) is 2.09. The molecule has 18 heavy (non-hydrogen) atoms. The molecule has 0 spiro atoms. The highest BCUT2D eigenvalue weighted by atomic mass is 35.5. The molecule has 1 aliphatic rings. The Labute approximate surface area is 118 Å². The van der Waals surface area contributed by atoms with Crippen molar-refractivity contribution >= 4 is 23.2 Å². The van der Waals surface area contributed by atoms with Crippen molar-refractivity contribution in [2.75, 3.05) is 20.1 Å². The topological polar surface area (TPSA) is 28.2 Å². The molecule has 0 aliphatic carbocycles. The maximum Gasteiger partial charge on any atom is 0.129 e. The van der Waals surface area contributed by atoms with E-state index in [9.17, 15) is 0 Å². The fraction of sp³-hybridized carbons (Fsp3) is 0.615. The van der Waals surface area contributed by atoms with Gasteiger partial charge in [-0.2, -0.15) is 0 Å². The van der Waals surface area contributed by atoms with Gasteiger partial charge in [0.15, 0.2) is 0 Å². The monoisotopic (exact) mass is 287 g/mol. The summed E-state index contributed by atoms with van der Waals surface area (Å²) in [6, 6.07) is 4.11. The normalized spacial score (nSPS) is 20.3. The zero-order valence-electron chi connectivity index (χ0n) is 10.6. The van der Waals surface area contributed by atoms with Gasteiger partial charge >= 0.3 is 0 Å². The van der Waals surface area contributed by atoms with Crippen LogP contribution in [0.3, 0.4) is 0 Å². The fourth-order valence-electron chi connectivity index (χ4n) is 2.34. The van der Waals surface area contributed by atoms with E-state index < -0.39 is 0 Å². The van der Waals surface area contributed by atoms with Crippen molar-refractivity contribution in [2.24, 2.45) is 0 Å². The van der Waals surface area contributed by atoms with Gasteiger partial charge in [-0.3, -0.25) is 4.90 Å². The van der Waals surface area contributed by atoms with Gasteiger partial charge in [-0.15, -0.1) is 0 Å². The molecule has 2 heterocycles. The van der Waals surface area contributed by atoms with Crippen LogP contribution in [0.4, 0.5) is 0 Å². The number of pyridine rings is 1. The summed E-state index contributed by atoms with van der Waals surface area (Å²) in [6.45, 7) is 2.89. The van der Waals surface area contributed by atoms with Crippen LogP contribution in [-0.4, -0.2) is 36.1 Å². The lowest BCUT2D eigenvalue weighted by Gasteiger charge is -2.28. The Balaban J connectivity index is 1.89. The predicted octanol–water partition coefficient (Wildman–Crippen LogP) is 2.96. The van der Waals surface area contributed by atoms with E-state index >= 15 is 0 Å². The van der Waals surface area contributed by atoms with E-state index in [1.54, 1.807) is 12.1 Å². The molecule has 1 aromatic heterocycles. The summed E-state index contributed by atoms with van der Waals surface area (Å²) < 4.78 is 0. The van der Waals surface area contributed by atoms with E-state index in [2.05, 4.69) is 22.2 Å². The number of hydrogen-bond acceptors (Lipinski definition) is 3. The summed E-state index contributed by atoms with van der Waals surface area (Å²) in [5.74, 6) is 0. The lowest BCUT2D eigenvalue weighted by atomic mass is 10.0. The second-order valence-electron chi connectivity index (χ2n) is 4.91. The van der Waals surface area contributed by atoms with Gasteiger partial charge in [0.05, 0.1) is 10.7 Å². The molecule has 1 fully saturated rings. The maximum absolute atomic E-state index is 6.12. The standard InChI is InChI=1S/C13H19Cl2N3/c1-18(8-10-4-2-3-7-16-10)9-12-11(14)5-6-13(15)17-12/h5-6,10,16H,2-4,7-9H2,1H3. The van der Waals surface area contributed by atoms with Gasteiger partial charge in [0.2, 0.25) is 0 Å². The van der Waals surface area contributed by atoms with Crippen molar-refractivity contribution in [3.8, 4) is 0 Å². The number of piperidine rings is 1. The molecule has 1 aromatic rings. The minimum absolute atomic E-state index is 0.499. The average molecular weight is 288 g/mol. The second-order valence-corrected chi connectivity index (χ2v) is 5.70. The molecule has 100 valence electrons. The van der Waals surface area contributed by atoms with E-state index in [1.165, 1.54) is 19.3 Å². The van der Waals surface area contributed by atoms with Crippen LogP contribution in [0.5, 0.6) is 0 Å². The zero-order chi connectivity index (χ0) is 13.0. The van der Waals surface area contributed by atoms with Crippen molar-refractivity contribution in [3.05, 3.63) is 28.0 Å². The van der Waals surface area contributed by atoms with E-state index in [4.69, 9.17) is 23.2 Å². The van der Waals surface area contributed by atoms with Crippen LogP contribution in [0.1, 0.15) is 25.0 Å². The first-order chi connectivity index (χ1) is 8.65. The highest BCUT2D eigenvalue weighted by Crippen LogP contribution is 2.18. The molecule has 0 saturated carbocycles. The van der Waals surface area contributed by atoms with Crippen molar-refractivity contribution < 1.29 is 0 Å². The number of nitrogens with one attached hydrogen (secondary N) is 1. The second kappa shape index (κ2) is 6.71. The Morgan fingerprint density at radius 3 is 2.94 bits per heavy atom. The van der Waals surface area contributed by atoms with Crippen LogP contribution in [0.2, 0.25) is 10.2 Å². The number of nitrogens with zero attached hydrogens (tertiary/aromatic N) is 2. The van der Waals surface area contributed by atoms with Crippen LogP contribution >= 0.6 is 23.2 Å². The summed E-state index contributed by atoms with van der Waals surface area (Å²) in [5, 5.41) is 4.72. The lowest BCUT2D eigenvalue weighted by Crippen LogP contribution is -2.42. The SMILES string of the molecule is CN(Cc1nc(Cl)ccc1Cl)CC1CCCCN1. The highest BCUT2D eigenvalue weighted by molar-refractivity contribution is 6.32. The van der Waals surface area contributed by atoms with Crippen molar-refractivity contribution in [2.45, 2.75) is 31.8 Å². The smallest absolute Gasteiger partial charge is 0.129 e. The molecule has 0 radical (unpaired) electrons. The van der Waals surface area contributed by atoms with Crippen molar-refractivity contribution in [1.29, 1.82) is 0 Å². The van der Waals surface area contributed by atoms with Crippen LogP contribution in [-0.2, 0) is 6.54 Å². The van der Waals surface area contributed by atoms with Gasteiger partial charge in [-0.25, -0.2) is 4.98 Å². The first-order valence-electron chi connectivity index (χ1n) is 6.38. The Kier molecular flexibility index (Phi) is 5.25. The molecule has 1 N–H and O–H groups in total. The Morgan fingerprint density at radius 2 is 2.22 bits per heavy atom. The lowest BCUT2D eigenvalue weighted by molar-refractivity contribution is 0.254. The molecule has 0 bridgehead atoms. The third kappa shape index (κ3) is 4.09. The first kappa shape index (κ1) is 14.1. The van der Waals surface area contributed by atoms with Crippen LogP contribution < -0.4 is 5.32 Å². The average Bonchev–Trinajstić information content (AvgIpc) is 2.35. The van der Waals surface area contributed by atoms with E-state index in [0.717, 1.165) is 25.3 Å². The third-order valence-corrected chi connectivity index (χ3v) is 3.80. The highest BCUT2D eigenvalue weighted by Gasteiger charge is 2.15. The Bertz CT molecular complexity index is 392. The molecular formula is C13H19Cl2N3. The number of rotatable bonds is 4. The quantitative estimate of drug-likeness (QED) is 0.863. The third-order valence-electron chi connectivity index (χ3n) is 3.25. The Morgan fingerprint density at radius 1 is 1.39 bits per heavy atom. The van der Waals surface area contributed by atoms with Crippen molar-refractivity contribution in [1.82, 2.24) is 15.2 Å². The van der Waals surface area contributed by atoms with E-state index in [0.29, 0.717) is 16.2 Å². The Hall–Kier alpha value is -0.350. The molecule has 2 rings (SSSR count). The maximum atomic E-state index is 6.12. The van der Waals surface area contributed by atoms with Crippen molar-refractivity contribution in [3.63, 3.8) is 0 Å². The predicted molar refractivity (Wildman–Crippen MR) is 76.2 cm³/mol. The molecular weight excluding hydrogens is 269 g/mol. The molecule has 3 nitrogen and oxygen atoms in total. The molecule has 1 aliphatic heterocycles. The van der Waals surface area contributed by atoms with Crippen LogP contribution in [0.15, 0.2) is 12.1 Å². The van der Waals surface area contributed by atoms with Crippen LogP contribution in [0.25, 0.3) is 0 Å². The molecule has 5 heteroatoms. The number of hydrogen-bond donors (Lipinski definition) is 1. The van der Waals surface area contributed by atoms with Gasteiger partial charge in [-0.05, 0) is 38.6 Å². The summed E-state index contributed by atoms with van der Waals surface area (Å²) in [5.41, 5.74) is 0.850. The minimum atomic E-state index is 0.499. The van der Waals surface area contributed by atoms with Gasteiger partial charge in [-0.1, -0.05) is 29.6 Å². The number of aromatic nitrogens is 1. The number of halogens is 2. The summed E-state index contributed by atoms with van der Waals surface area (Å²) in [4.78, 5) is 6.52. The minimum Gasteiger partial charge on any atom is -0.313 e. The van der Waals surface area contributed by atoms with Gasteiger partial charge in [0, 0.05) is 19.1 Å². The zero-order valence-corrected chi connectivity index (χ0v) is 12.1. The largest absolute Gasteiger partial charge is 0.313 e. The molecule has 1 unspecified atom stereocenters. The first-order valence-corrected chi connectivity index (χ1v) is 7.13. The van der Waals surface area contributed by atoms with E-state index in [1.807, 2.05) is 0 Å². The molecule has 1 atom stereocenters. The van der Waals surface area contributed by atoms with E-state index in [-0.39, 0.29) is 0 Å². The fourth-order valence-corrected chi connectivity index (χ4v) is 2.67. The number of likely N-dealkylation sites (N-methyl/N-ethyl adjacent to an activating group) is 1. The van der Waals surface area contributed by atoms with Gasteiger partial charge in [0.1, 0.15) is 5.15 Å². The summed E-state index contributed by atoms with van der Waals surface area (Å²) in [6.07, 6.45) is 3.87. The molecule has 0 aromatic carbocycles. The molecule has 0 amide bonds. The van der Waals surface area contributed by atoms with Gasteiger partial charge < -0.3 is 5.32 Å².